The van der Waals surface area contributed by atoms with E-state index in [0.29, 0.717) is 30.6 Å². The molecule has 0 aromatic carbocycles. The maximum absolute atomic E-state index is 11.5. The van der Waals surface area contributed by atoms with Gasteiger partial charge in [0.2, 0.25) is 0 Å². The highest BCUT2D eigenvalue weighted by atomic mass is 32.2. The standard InChI is InChI=1S/C11H22O4S/c1-9(2)7-15-5-6-16(13)8-10(3)11(12)14-4/h9-10H,5-8H2,1-4H3. The van der Waals surface area contributed by atoms with Crippen molar-refractivity contribution in [2.75, 3.05) is 31.8 Å². The summed E-state index contributed by atoms with van der Waals surface area (Å²) in [7, 11) is 0.328. The number of esters is 1. The van der Waals surface area contributed by atoms with E-state index in [0.717, 1.165) is 0 Å². The summed E-state index contributed by atoms with van der Waals surface area (Å²) in [5, 5.41) is 0. The Bertz CT molecular complexity index is 228. The highest BCUT2D eigenvalue weighted by molar-refractivity contribution is 7.85. The molecule has 0 spiro atoms. The van der Waals surface area contributed by atoms with Crippen molar-refractivity contribution in [1.82, 2.24) is 0 Å². The summed E-state index contributed by atoms with van der Waals surface area (Å²) in [5.74, 6) is 0.695. The highest BCUT2D eigenvalue weighted by Crippen LogP contribution is 2.01. The maximum atomic E-state index is 11.5. The van der Waals surface area contributed by atoms with Crippen molar-refractivity contribution in [3.63, 3.8) is 0 Å². The van der Waals surface area contributed by atoms with Crippen LogP contribution in [0.3, 0.4) is 0 Å². The molecule has 2 atom stereocenters. The molecular formula is C11H22O4S. The van der Waals surface area contributed by atoms with E-state index in [1.54, 1.807) is 6.92 Å². The van der Waals surface area contributed by atoms with Gasteiger partial charge in [0.25, 0.3) is 0 Å². The number of carbonyl (C=O) groups excluding carboxylic acids is 1. The van der Waals surface area contributed by atoms with Crippen molar-refractivity contribution in [2.45, 2.75) is 20.8 Å². The van der Waals surface area contributed by atoms with Gasteiger partial charge in [-0.2, -0.15) is 0 Å². The van der Waals surface area contributed by atoms with Crippen molar-refractivity contribution in [1.29, 1.82) is 0 Å². The van der Waals surface area contributed by atoms with Crippen molar-refractivity contribution >= 4 is 16.8 Å². The summed E-state index contributed by atoms with van der Waals surface area (Å²) in [6, 6.07) is 0. The van der Waals surface area contributed by atoms with Gasteiger partial charge in [0, 0.05) is 28.9 Å². The smallest absolute Gasteiger partial charge is 0.309 e. The summed E-state index contributed by atoms with van der Waals surface area (Å²) >= 11 is 0. The quantitative estimate of drug-likeness (QED) is 0.480. The van der Waals surface area contributed by atoms with E-state index in [4.69, 9.17) is 4.74 Å². The number of rotatable bonds is 8. The summed E-state index contributed by atoms with van der Waals surface area (Å²) in [4.78, 5) is 11.1. The zero-order valence-corrected chi connectivity index (χ0v) is 11.3. The van der Waals surface area contributed by atoms with Crippen LogP contribution in [0.2, 0.25) is 0 Å². The van der Waals surface area contributed by atoms with Crippen molar-refractivity contribution < 1.29 is 18.5 Å². The van der Waals surface area contributed by atoms with E-state index in [1.807, 2.05) is 0 Å². The third-order valence-corrected chi connectivity index (χ3v) is 3.44. The van der Waals surface area contributed by atoms with Crippen molar-refractivity contribution in [3.05, 3.63) is 0 Å². The number of hydrogen-bond donors (Lipinski definition) is 0. The molecular weight excluding hydrogens is 228 g/mol. The lowest BCUT2D eigenvalue weighted by molar-refractivity contribution is -0.144. The third kappa shape index (κ3) is 7.82. The fourth-order valence-corrected chi connectivity index (χ4v) is 2.27. The van der Waals surface area contributed by atoms with E-state index in [1.165, 1.54) is 7.11 Å². The minimum Gasteiger partial charge on any atom is -0.469 e. The van der Waals surface area contributed by atoms with Crippen LogP contribution in [0.1, 0.15) is 20.8 Å². The lowest BCUT2D eigenvalue weighted by atomic mass is 10.2. The molecule has 16 heavy (non-hydrogen) atoms. The Morgan fingerprint density at radius 2 is 1.94 bits per heavy atom. The zero-order chi connectivity index (χ0) is 12.6. The molecule has 2 unspecified atom stereocenters. The minimum absolute atomic E-state index is 0.309. The van der Waals surface area contributed by atoms with Crippen LogP contribution in [0.15, 0.2) is 0 Å². The minimum atomic E-state index is -1.01. The second kappa shape index (κ2) is 8.70. The number of methoxy groups -OCH3 is 1. The molecule has 0 rings (SSSR count). The molecule has 0 fully saturated rings. The summed E-state index contributed by atoms with van der Waals surface area (Å²) < 4.78 is 21.4. The molecule has 0 N–H and O–H groups in total. The van der Waals surface area contributed by atoms with Gasteiger partial charge in [-0.3, -0.25) is 9.00 Å². The van der Waals surface area contributed by atoms with Crippen LogP contribution in [-0.2, 0) is 25.1 Å². The van der Waals surface area contributed by atoms with Gasteiger partial charge in [0.1, 0.15) is 0 Å². The normalized spacial score (nSPS) is 14.8. The highest BCUT2D eigenvalue weighted by Gasteiger charge is 2.16. The van der Waals surface area contributed by atoms with Crippen LogP contribution in [0.4, 0.5) is 0 Å². The Labute approximate surface area is 100 Å². The van der Waals surface area contributed by atoms with Gasteiger partial charge in [-0.1, -0.05) is 20.8 Å². The van der Waals surface area contributed by atoms with E-state index in [-0.39, 0.29) is 11.9 Å². The van der Waals surface area contributed by atoms with Gasteiger partial charge in [-0.05, 0) is 5.92 Å². The second-order valence-electron chi connectivity index (χ2n) is 4.20. The Kier molecular flexibility index (Phi) is 8.47. The van der Waals surface area contributed by atoms with Crippen LogP contribution in [-0.4, -0.2) is 42.0 Å². The average molecular weight is 250 g/mol. The lowest BCUT2D eigenvalue weighted by Crippen LogP contribution is -2.22. The van der Waals surface area contributed by atoms with E-state index in [9.17, 15) is 9.00 Å². The first-order valence-electron chi connectivity index (χ1n) is 5.48. The molecule has 0 amide bonds. The first-order chi connectivity index (χ1) is 7.47. The van der Waals surface area contributed by atoms with Crippen molar-refractivity contribution in [2.24, 2.45) is 11.8 Å². The topological polar surface area (TPSA) is 52.6 Å². The van der Waals surface area contributed by atoms with Gasteiger partial charge in [-0.25, -0.2) is 0 Å². The summed E-state index contributed by atoms with van der Waals surface area (Å²) in [6.07, 6.45) is 0. The van der Waals surface area contributed by atoms with Crippen LogP contribution >= 0.6 is 0 Å². The Balaban J connectivity index is 3.62. The van der Waals surface area contributed by atoms with Gasteiger partial charge >= 0.3 is 5.97 Å². The molecule has 5 heteroatoms. The van der Waals surface area contributed by atoms with E-state index in [2.05, 4.69) is 18.6 Å². The maximum Gasteiger partial charge on any atom is 0.309 e. The van der Waals surface area contributed by atoms with Crippen molar-refractivity contribution in [3.8, 4) is 0 Å². The molecule has 0 heterocycles. The predicted octanol–water partition coefficient (Wildman–Crippen LogP) is 1.22. The predicted molar refractivity (Wildman–Crippen MR) is 64.7 cm³/mol. The molecule has 0 radical (unpaired) electrons. The molecule has 0 saturated carbocycles. The molecule has 4 nitrogen and oxygen atoms in total. The second-order valence-corrected chi connectivity index (χ2v) is 5.82. The number of ether oxygens (including phenoxy) is 2. The van der Waals surface area contributed by atoms with Crippen LogP contribution in [0.5, 0.6) is 0 Å². The molecule has 0 saturated heterocycles. The van der Waals surface area contributed by atoms with Gasteiger partial charge < -0.3 is 9.47 Å². The Morgan fingerprint density at radius 3 is 2.44 bits per heavy atom. The fraction of sp³-hybridized carbons (Fsp3) is 0.909. The number of carbonyl (C=O) groups is 1. The monoisotopic (exact) mass is 250 g/mol. The number of hydrogen-bond acceptors (Lipinski definition) is 4. The fourth-order valence-electron chi connectivity index (χ4n) is 1.10. The van der Waals surface area contributed by atoms with Gasteiger partial charge in [0.15, 0.2) is 0 Å². The van der Waals surface area contributed by atoms with E-state index < -0.39 is 10.8 Å². The Morgan fingerprint density at radius 1 is 1.31 bits per heavy atom. The van der Waals surface area contributed by atoms with Crippen LogP contribution in [0.25, 0.3) is 0 Å². The zero-order valence-electron chi connectivity index (χ0n) is 10.5. The summed E-state index contributed by atoms with van der Waals surface area (Å²) in [5.41, 5.74) is 0. The molecule has 0 aromatic rings. The molecule has 0 bridgehead atoms. The molecule has 96 valence electrons. The summed E-state index contributed by atoms with van der Waals surface area (Å²) in [6.45, 7) is 7.02. The average Bonchev–Trinajstić information content (AvgIpc) is 2.22. The van der Waals surface area contributed by atoms with Gasteiger partial charge in [0.05, 0.1) is 19.6 Å². The molecule has 0 aliphatic heterocycles. The lowest BCUT2D eigenvalue weighted by Gasteiger charge is -2.09. The Hall–Kier alpha value is -0.420. The van der Waals surface area contributed by atoms with Crippen LogP contribution < -0.4 is 0 Å². The first kappa shape index (κ1) is 15.6. The third-order valence-electron chi connectivity index (χ3n) is 1.95. The van der Waals surface area contributed by atoms with E-state index >= 15 is 0 Å². The first-order valence-corrected chi connectivity index (χ1v) is 6.96. The SMILES string of the molecule is COC(=O)C(C)CS(=O)CCOCC(C)C. The largest absolute Gasteiger partial charge is 0.469 e. The molecule has 0 aromatic heterocycles. The van der Waals surface area contributed by atoms with Gasteiger partial charge in [-0.15, -0.1) is 0 Å². The van der Waals surface area contributed by atoms with Crippen LogP contribution in [0, 0.1) is 11.8 Å². The molecule has 0 aliphatic rings. The molecule has 0 aliphatic carbocycles.